The molecule has 4 aliphatic rings. The van der Waals surface area contributed by atoms with Crippen LogP contribution in [0.1, 0.15) is 53.9 Å². The lowest BCUT2D eigenvalue weighted by Gasteiger charge is -2.39. The van der Waals surface area contributed by atoms with Gasteiger partial charge < -0.3 is 29.7 Å². The molecule has 1 spiro atoms. The van der Waals surface area contributed by atoms with Gasteiger partial charge in [-0.1, -0.05) is 38.2 Å². The van der Waals surface area contributed by atoms with E-state index in [-0.39, 0.29) is 49.3 Å². The summed E-state index contributed by atoms with van der Waals surface area (Å²) in [6.07, 6.45) is 6.91. The molecule has 0 aromatic rings. The molecule has 4 aliphatic heterocycles. The Bertz CT molecular complexity index is 1010. The minimum absolute atomic E-state index is 0.124. The molecule has 210 valence electrons. The summed E-state index contributed by atoms with van der Waals surface area (Å²) in [5.41, 5.74) is -1.39. The van der Waals surface area contributed by atoms with E-state index in [9.17, 15) is 24.3 Å². The minimum atomic E-state index is -1.39. The molecular formula is C28H41N3O7. The van der Waals surface area contributed by atoms with E-state index in [1.54, 1.807) is 30.1 Å². The van der Waals surface area contributed by atoms with E-state index in [0.29, 0.717) is 19.4 Å². The van der Waals surface area contributed by atoms with Gasteiger partial charge in [0, 0.05) is 19.0 Å². The van der Waals surface area contributed by atoms with E-state index in [1.807, 2.05) is 33.8 Å². The molecule has 0 aromatic heterocycles. The number of fused-ring (bicyclic) bond motifs is 2. The van der Waals surface area contributed by atoms with Crippen LogP contribution in [0.5, 0.6) is 0 Å². The first-order chi connectivity index (χ1) is 18.0. The maximum Gasteiger partial charge on any atom is 0.313 e. The van der Waals surface area contributed by atoms with E-state index in [4.69, 9.17) is 9.47 Å². The fraction of sp³-hybridized carbons (Fsp3) is 0.714. The number of rotatable bonds is 5. The normalized spacial score (nSPS) is 35.6. The van der Waals surface area contributed by atoms with Gasteiger partial charge in [0.1, 0.15) is 23.7 Å². The molecule has 10 heteroatoms. The van der Waals surface area contributed by atoms with Crippen LogP contribution in [0.3, 0.4) is 0 Å². The lowest BCUT2D eigenvalue weighted by atomic mass is 9.78. The van der Waals surface area contributed by atoms with Crippen molar-refractivity contribution in [3.63, 3.8) is 0 Å². The van der Waals surface area contributed by atoms with Crippen molar-refractivity contribution in [2.45, 2.75) is 89.8 Å². The molecule has 2 saturated heterocycles. The predicted molar refractivity (Wildman–Crippen MR) is 138 cm³/mol. The van der Waals surface area contributed by atoms with Gasteiger partial charge in [0.05, 0.1) is 31.2 Å². The first-order valence-electron chi connectivity index (χ1n) is 13.7. The van der Waals surface area contributed by atoms with Crippen molar-refractivity contribution in [1.29, 1.82) is 0 Å². The number of esters is 1. The summed E-state index contributed by atoms with van der Waals surface area (Å²) in [5.74, 6) is -3.21. The summed E-state index contributed by atoms with van der Waals surface area (Å²) in [6, 6.07) is -1.75. The second-order valence-corrected chi connectivity index (χ2v) is 11.6. The number of amides is 3. The number of aliphatic hydroxyl groups is 1. The summed E-state index contributed by atoms with van der Waals surface area (Å²) in [7, 11) is 0. The minimum Gasteiger partial charge on any atom is -0.460 e. The predicted octanol–water partition coefficient (Wildman–Crippen LogP) is 1.18. The van der Waals surface area contributed by atoms with Gasteiger partial charge in [-0.2, -0.15) is 0 Å². The van der Waals surface area contributed by atoms with Crippen molar-refractivity contribution in [3.8, 4) is 0 Å². The monoisotopic (exact) mass is 531 g/mol. The number of ether oxygens (including phenoxy) is 2. The molecule has 0 aromatic carbocycles. The number of aliphatic hydroxyl groups excluding tert-OH is 1. The maximum absolute atomic E-state index is 14.3. The average molecular weight is 532 g/mol. The molecule has 2 N–H and O–H groups in total. The lowest BCUT2D eigenvalue weighted by molar-refractivity contribution is -0.160. The largest absolute Gasteiger partial charge is 0.460 e. The number of likely N-dealkylation sites (tertiary alicyclic amines) is 1. The van der Waals surface area contributed by atoms with Crippen molar-refractivity contribution >= 4 is 23.7 Å². The Morgan fingerprint density at radius 1 is 1.13 bits per heavy atom. The van der Waals surface area contributed by atoms with Gasteiger partial charge in [-0.25, -0.2) is 0 Å². The molecule has 38 heavy (non-hydrogen) atoms. The van der Waals surface area contributed by atoms with Crippen LogP contribution < -0.4 is 5.32 Å². The second-order valence-electron chi connectivity index (χ2n) is 11.6. The molecule has 0 unspecified atom stereocenters. The Hall–Kier alpha value is -2.72. The fourth-order valence-corrected chi connectivity index (χ4v) is 6.30. The third-order valence-corrected chi connectivity index (χ3v) is 7.97. The molecule has 7 atom stereocenters. The average Bonchev–Trinajstić information content (AvgIpc) is 3.23. The van der Waals surface area contributed by atoms with E-state index < -0.39 is 47.7 Å². The van der Waals surface area contributed by atoms with Crippen LogP contribution in [0.25, 0.3) is 0 Å². The molecule has 4 rings (SSSR count). The van der Waals surface area contributed by atoms with Crippen molar-refractivity contribution in [2.24, 2.45) is 17.8 Å². The van der Waals surface area contributed by atoms with E-state index in [2.05, 4.69) is 5.32 Å². The standard InChI is InChI=1S/C28H41N3O7/c1-16(2)13-19(15-32)31-24-26(35)30(17(3)4)12-8-11-28(24)23(25(31)34)22-20(38-28)9-6-7-10-21(33)29-14-18(5)37-27(22)36/h6,8-9,11,16-20,22-24,32H,7,10,12-15H2,1-5H3,(H,29,33)/b9-6-/t18-,19+,20-,22+,23+,24-,28+/m0/s1. The number of nitrogens with zero attached hydrogens (tertiary/aromatic N) is 2. The quantitative estimate of drug-likeness (QED) is 0.403. The molecule has 2 fully saturated rings. The number of hydrogen-bond acceptors (Lipinski definition) is 7. The number of cyclic esters (lactones) is 1. The van der Waals surface area contributed by atoms with Crippen molar-refractivity contribution < 1.29 is 33.8 Å². The first-order valence-corrected chi connectivity index (χ1v) is 13.7. The number of carbonyl (C=O) groups is 4. The van der Waals surface area contributed by atoms with Gasteiger partial charge in [-0.05, 0) is 39.5 Å². The van der Waals surface area contributed by atoms with Gasteiger partial charge in [0.25, 0.3) is 0 Å². The summed E-state index contributed by atoms with van der Waals surface area (Å²) in [4.78, 5) is 57.3. The number of hydrogen-bond donors (Lipinski definition) is 2. The molecule has 4 heterocycles. The molecular weight excluding hydrogens is 490 g/mol. The Kier molecular flexibility index (Phi) is 8.32. The zero-order valence-electron chi connectivity index (χ0n) is 23.0. The summed E-state index contributed by atoms with van der Waals surface area (Å²) >= 11 is 0. The Morgan fingerprint density at radius 2 is 1.87 bits per heavy atom. The molecule has 0 saturated carbocycles. The van der Waals surface area contributed by atoms with Gasteiger partial charge in [0.2, 0.25) is 17.7 Å². The molecule has 0 bridgehead atoms. The zero-order valence-corrected chi connectivity index (χ0v) is 23.0. The summed E-state index contributed by atoms with van der Waals surface area (Å²) in [5, 5.41) is 13.1. The first kappa shape index (κ1) is 28.3. The van der Waals surface area contributed by atoms with Crippen LogP contribution >= 0.6 is 0 Å². The van der Waals surface area contributed by atoms with E-state index >= 15 is 0 Å². The smallest absolute Gasteiger partial charge is 0.313 e. The second kappa shape index (κ2) is 11.2. The van der Waals surface area contributed by atoms with Gasteiger partial charge in [0.15, 0.2) is 0 Å². The van der Waals surface area contributed by atoms with Gasteiger partial charge >= 0.3 is 5.97 Å². The SMILES string of the molecule is CC(C)C[C@H](CO)N1C(=O)[C@H]2[C@@H]3C(=O)O[C@@H](C)CNC(=O)CC/C=C\[C@@H]3O[C@]23C=CCN(C(C)C)C(=O)[C@H]13. The Balaban J connectivity index is 1.83. The fourth-order valence-electron chi connectivity index (χ4n) is 6.30. The number of allylic oxidation sites excluding steroid dienone is 1. The van der Waals surface area contributed by atoms with Crippen LogP contribution in [-0.4, -0.2) is 94.2 Å². The molecule has 10 nitrogen and oxygen atoms in total. The van der Waals surface area contributed by atoms with E-state index in [0.717, 1.165) is 0 Å². The van der Waals surface area contributed by atoms with Crippen LogP contribution in [0.2, 0.25) is 0 Å². The highest BCUT2D eigenvalue weighted by Gasteiger charge is 2.72. The zero-order chi connectivity index (χ0) is 27.8. The molecule has 3 amide bonds. The van der Waals surface area contributed by atoms with Crippen LogP contribution in [0.4, 0.5) is 0 Å². The van der Waals surface area contributed by atoms with E-state index in [1.165, 1.54) is 4.90 Å². The topological polar surface area (TPSA) is 125 Å². The maximum atomic E-state index is 14.3. The highest BCUT2D eigenvalue weighted by molar-refractivity contribution is 5.99. The van der Waals surface area contributed by atoms with Crippen LogP contribution in [-0.2, 0) is 28.7 Å². The van der Waals surface area contributed by atoms with Gasteiger partial charge in [-0.3, -0.25) is 19.2 Å². The van der Waals surface area contributed by atoms with Crippen molar-refractivity contribution in [1.82, 2.24) is 15.1 Å². The summed E-state index contributed by atoms with van der Waals surface area (Å²) < 4.78 is 12.3. The van der Waals surface area contributed by atoms with Crippen molar-refractivity contribution in [2.75, 3.05) is 19.7 Å². The number of carbonyl (C=O) groups excluding carboxylic acids is 4. The number of nitrogens with one attached hydrogen (secondary N) is 1. The highest BCUT2D eigenvalue weighted by Crippen LogP contribution is 2.54. The molecule has 0 aliphatic carbocycles. The Labute approximate surface area is 224 Å². The Morgan fingerprint density at radius 3 is 2.53 bits per heavy atom. The van der Waals surface area contributed by atoms with Crippen LogP contribution in [0, 0.1) is 17.8 Å². The lowest BCUT2D eigenvalue weighted by Crippen LogP contribution is -2.59. The van der Waals surface area contributed by atoms with Crippen LogP contribution in [0.15, 0.2) is 24.3 Å². The van der Waals surface area contributed by atoms with Gasteiger partial charge in [-0.15, -0.1) is 0 Å². The third-order valence-electron chi connectivity index (χ3n) is 7.97. The van der Waals surface area contributed by atoms with Crippen molar-refractivity contribution in [3.05, 3.63) is 24.3 Å². The molecule has 0 radical (unpaired) electrons. The summed E-state index contributed by atoms with van der Waals surface area (Å²) in [6.45, 7) is 9.71. The third kappa shape index (κ3) is 5.00. The highest BCUT2D eigenvalue weighted by atomic mass is 16.6.